The van der Waals surface area contributed by atoms with E-state index in [1.165, 1.54) is 5.69 Å². The number of pyridine rings is 1. The molecule has 3 nitrogen and oxygen atoms in total. The van der Waals surface area contributed by atoms with E-state index in [9.17, 15) is 4.79 Å². The normalized spacial score (nSPS) is 17.4. The molecular weight excluding hydrogens is 226 g/mol. The molecule has 0 fully saturated rings. The highest BCUT2D eigenvalue weighted by atomic mass is 16.5. The van der Waals surface area contributed by atoms with Gasteiger partial charge < -0.3 is 4.74 Å². The van der Waals surface area contributed by atoms with Crippen LogP contribution in [0, 0.1) is 0 Å². The number of carbonyl (C=O) groups excluding carboxylic acids is 1. The Morgan fingerprint density at radius 2 is 1.94 bits per heavy atom. The van der Waals surface area contributed by atoms with Gasteiger partial charge in [0.05, 0.1) is 10.9 Å². The molecule has 3 heteroatoms. The minimum atomic E-state index is 0.287. The van der Waals surface area contributed by atoms with Crippen LogP contribution in [0.3, 0.4) is 0 Å². The summed E-state index contributed by atoms with van der Waals surface area (Å²) in [5, 5.41) is 2.13. The van der Waals surface area contributed by atoms with Crippen molar-refractivity contribution in [1.82, 2.24) is 0 Å². The van der Waals surface area contributed by atoms with Crippen LogP contribution in [0.25, 0.3) is 10.8 Å². The first-order valence-electron chi connectivity index (χ1n) is 6.49. The van der Waals surface area contributed by atoms with Gasteiger partial charge in [0.25, 0.3) is 0 Å². The smallest absolute Gasteiger partial charge is 0.376 e. The molecule has 0 bridgehead atoms. The maximum absolute atomic E-state index is 12.2. The molecule has 18 heavy (non-hydrogen) atoms. The lowest BCUT2D eigenvalue weighted by Gasteiger charge is -2.14. The molecule has 1 aliphatic heterocycles. The van der Waals surface area contributed by atoms with Gasteiger partial charge in [0.15, 0.2) is 24.6 Å². The zero-order valence-corrected chi connectivity index (χ0v) is 10.1. The average molecular weight is 240 g/mol. The van der Waals surface area contributed by atoms with Crippen molar-refractivity contribution in [3.8, 4) is 5.88 Å². The van der Waals surface area contributed by atoms with Crippen LogP contribution in [0.4, 0.5) is 0 Å². The minimum absolute atomic E-state index is 0.287. The molecule has 1 aromatic carbocycles. The summed E-state index contributed by atoms with van der Waals surface area (Å²) in [7, 11) is 0. The summed E-state index contributed by atoms with van der Waals surface area (Å²) in [6.45, 7) is 1.59. The van der Waals surface area contributed by atoms with Crippen molar-refractivity contribution in [2.75, 3.05) is 6.61 Å². The monoisotopic (exact) mass is 240 g/mol. The highest BCUT2D eigenvalue weighted by Crippen LogP contribution is 2.33. The van der Waals surface area contributed by atoms with E-state index >= 15 is 0 Å². The maximum atomic E-state index is 12.2. The van der Waals surface area contributed by atoms with Crippen LogP contribution in [0.2, 0.25) is 0 Å². The quantitative estimate of drug-likeness (QED) is 0.660. The van der Waals surface area contributed by atoms with Gasteiger partial charge in [0.1, 0.15) is 0 Å². The highest BCUT2D eigenvalue weighted by Gasteiger charge is 2.35. The van der Waals surface area contributed by atoms with Crippen LogP contribution in [0.15, 0.2) is 24.3 Å². The number of hydrogen-bond donors (Lipinski definition) is 0. The summed E-state index contributed by atoms with van der Waals surface area (Å²) in [5.41, 5.74) is 2.11. The highest BCUT2D eigenvalue weighted by molar-refractivity contribution is 6.10. The summed E-state index contributed by atoms with van der Waals surface area (Å²) >= 11 is 0. The number of aromatic nitrogens is 1. The van der Waals surface area contributed by atoms with Crippen LogP contribution in [-0.2, 0) is 13.0 Å². The van der Waals surface area contributed by atoms with Crippen LogP contribution in [-0.4, -0.2) is 12.4 Å². The number of benzene rings is 1. The van der Waals surface area contributed by atoms with Crippen molar-refractivity contribution in [3.63, 3.8) is 0 Å². The van der Waals surface area contributed by atoms with E-state index < -0.39 is 0 Å². The second-order valence-corrected chi connectivity index (χ2v) is 4.95. The van der Waals surface area contributed by atoms with Crippen molar-refractivity contribution in [3.05, 3.63) is 35.5 Å². The lowest BCUT2D eigenvalue weighted by molar-refractivity contribution is -0.686. The fraction of sp³-hybridized carbons (Fsp3) is 0.333. The Morgan fingerprint density at radius 3 is 2.83 bits per heavy atom. The number of ether oxygens (including phenoxy) is 1. The molecular formula is C15H14NO2+. The van der Waals surface area contributed by atoms with Crippen molar-refractivity contribution in [2.24, 2.45) is 0 Å². The number of hydrogen-bond acceptors (Lipinski definition) is 2. The number of Topliss-reactive ketones (excluding diaryl/α,β-unsaturated/α-hetero) is 1. The van der Waals surface area contributed by atoms with E-state index in [-0.39, 0.29) is 5.78 Å². The van der Waals surface area contributed by atoms with Crippen molar-refractivity contribution in [1.29, 1.82) is 0 Å². The molecule has 0 unspecified atom stereocenters. The zero-order chi connectivity index (χ0) is 12.1. The number of nitrogens with zero attached hydrogens (tertiary/aromatic N) is 1. The van der Waals surface area contributed by atoms with E-state index in [1.54, 1.807) is 0 Å². The molecule has 0 saturated heterocycles. The van der Waals surface area contributed by atoms with Gasteiger partial charge in [-0.05, 0) is 12.5 Å². The van der Waals surface area contributed by atoms with E-state index in [0.717, 1.165) is 41.6 Å². The Kier molecular flexibility index (Phi) is 1.98. The van der Waals surface area contributed by atoms with Crippen LogP contribution >= 0.6 is 0 Å². The molecule has 90 valence electrons. The van der Waals surface area contributed by atoms with Gasteiger partial charge in [-0.3, -0.25) is 4.79 Å². The van der Waals surface area contributed by atoms with Gasteiger partial charge >= 0.3 is 5.88 Å². The molecule has 0 saturated carbocycles. The summed E-state index contributed by atoms with van der Waals surface area (Å²) < 4.78 is 7.97. The number of rotatable bonds is 0. The standard InChI is InChI=1S/C15H14NO2/c17-13-7-3-6-12-14(13)10-4-1-2-5-11(10)15-16(12)8-9-18-15/h1-2,4-5H,3,6-9H2/q+1. The van der Waals surface area contributed by atoms with E-state index in [4.69, 9.17) is 4.74 Å². The number of fused-ring (bicyclic) bond motifs is 6. The lowest BCUT2D eigenvalue weighted by Crippen LogP contribution is -2.39. The van der Waals surface area contributed by atoms with Crippen LogP contribution in [0.1, 0.15) is 28.9 Å². The third kappa shape index (κ3) is 1.19. The molecule has 0 radical (unpaired) electrons. The fourth-order valence-electron chi connectivity index (χ4n) is 3.18. The Morgan fingerprint density at radius 1 is 1.11 bits per heavy atom. The van der Waals surface area contributed by atoms with Crippen LogP contribution < -0.4 is 9.30 Å². The topological polar surface area (TPSA) is 30.2 Å². The van der Waals surface area contributed by atoms with Gasteiger partial charge in [-0.25, -0.2) is 0 Å². The van der Waals surface area contributed by atoms with Gasteiger partial charge in [-0.1, -0.05) is 18.2 Å². The molecule has 2 aromatic rings. The largest absolute Gasteiger partial charge is 0.437 e. The van der Waals surface area contributed by atoms with Crippen molar-refractivity contribution in [2.45, 2.75) is 25.8 Å². The average Bonchev–Trinajstić information content (AvgIpc) is 2.88. The molecule has 0 amide bonds. The Labute approximate surface area is 105 Å². The first-order chi connectivity index (χ1) is 8.86. The Hall–Kier alpha value is -1.90. The van der Waals surface area contributed by atoms with E-state index in [0.29, 0.717) is 13.0 Å². The number of carbonyl (C=O) groups is 1. The summed E-state index contributed by atoms with van der Waals surface area (Å²) in [4.78, 5) is 12.2. The molecule has 0 N–H and O–H groups in total. The van der Waals surface area contributed by atoms with Gasteiger partial charge in [0.2, 0.25) is 0 Å². The summed E-state index contributed by atoms with van der Waals surface area (Å²) in [6, 6.07) is 8.09. The second kappa shape index (κ2) is 3.55. The molecule has 0 spiro atoms. The maximum Gasteiger partial charge on any atom is 0.376 e. The van der Waals surface area contributed by atoms with E-state index in [1.807, 2.05) is 18.2 Å². The number of ketones is 1. The molecule has 1 aromatic heterocycles. The minimum Gasteiger partial charge on any atom is -0.437 e. The van der Waals surface area contributed by atoms with Gasteiger partial charge in [-0.15, -0.1) is 0 Å². The van der Waals surface area contributed by atoms with E-state index in [2.05, 4.69) is 10.6 Å². The second-order valence-electron chi connectivity index (χ2n) is 4.95. The fourth-order valence-corrected chi connectivity index (χ4v) is 3.18. The molecule has 1 aliphatic carbocycles. The summed E-state index contributed by atoms with van der Waals surface area (Å²) in [5.74, 6) is 1.23. The Bertz CT molecular complexity index is 676. The van der Waals surface area contributed by atoms with Gasteiger partial charge in [0, 0.05) is 18.2 Å². The third-order valence-electron chi connectivity index (χ3n) is 3.94. The zero-order valence-electron chi connectivity index (χ0n) is 10.1. The first-order valence-corrected chi connectivity index (χ1v) is 6.49. The predicted octanol–water partition coefficient (Wildman–Crippen LogP) is 2.04. The molecule has 0 atom stereocenters. The molecule has 4 rings (SSSR count). The molecule has 2 heterocycles. The summed E-state index contributed by atoms with van der Waals surface area (Å²) in [6.07, 6.45) is 2.63. The van der Waals surface area contributed by atoms with Crippen molar-refractivity contribution >= 4 is 16.6 Å². The predicted molar refractivity (Wildman–Crippen MR) is 66.9 cm³/mol. The van der Waals surface area contributed by atoms with Gasteiger partial charge in [-0.2, -0.15) is 4.57 Å². The first kappa shape index (κ1) is 10.1. The molecule has 2 aliphatic rings. The third-order valence-corrected chi connectivity index (χ3v) is 3.94. The SMILES string of the molecule is O=C1CCCc2c1c1ccccc1c1[n+]2CCO1. The Balaban J connectivity index is 2.20. The lowest BCUT2D eigenvalue weighted by atomic mass is 9.90. The van der Waals surface area contributed by atoms with Crippen molar-refractivity contribution < 1.29 is 14.1 Å². The van der Waals surface area contributed by atoms with Crippen LogP contribution in [0.5, 0.6) is 5.88 Å².